The molecular weight excluding hydrogens is 264 g/mol. The zero-order valence-electron chi connectivity index (χ0n) is 10.7. The highest BCUT2D eigenvalue weighted by Crippen LogP contribution is 2.38. The summed E-state index contributed by atoms with van der Waals surface area (Å²) in [6.07, 6.45) is 2.24. The van der Waals surface area contributed by atoms with Crippen molar-refractivity contribution in [2.24, 2.45) is 5.41 Å². The van der Waals surface area contributed by atoms with Crippen molar-refractivity contribution in [1.29, 1.82) is 0 Å². The molecule has 0 amide bonds. The topological polar surface area (TPSA) is 18.5 Å². The Morgan fingerprint density at radius 3 is 2.83 bits per heavy atom. The van der Waals surface area contributed by atoms with Crippen LogP contribution in [-0.2, 0) is 4.74 Å². The largest absolute Gasteiger partial charge is 0.497 e. The van der Waals surface area contributed by atoms with Gasteiger partial charge in [-0.2, -0.15) is 12.6 Å². The Kier molecular flexibility index (Phi) is 5.27. The van der Waals surface area contributed by atoms with Crippen molar-refractivity contribution in [1.82, 2.24) is 0 Å². The highest BCUT2D eigenvalue weighted by molar-refractivity contribution is 7.99. The molecule has 2 rings (SSSR count). The van der Waals surface area contributed by atoms with Crippen molar-refractivity contribution in [3.63, 3.8) is 0 Å². The number of methoxy groups -OCH3 is 1. The molecule has 1 fully saturated rings. The van der Waals surface area contributed by atoms with Gasteiger partial charge in [-0.3, -0.25) is 0 Å². The van der Waals surface area contributed by atoms with Crippen molar-refractivity contribution >= 4 is 24.4 Å². The number of thioether (sulfide) groups is 1. The predicted molar refractivity (Wildman–Crippen MR) is 80.1 cm³/mol. The van der Waals surface area contributed by atoms with Gasteiger partial charge in [0.2, 0.25) is 0 Å². The minimum absolute atomic E-state index is 0.328. The van der Waals surface area contributed by atoms with E-state index in [0.29, 0.717) is 5.41 Å². The van der Waals surface area contributed by atoms with Gasteiger partial charge in [0.1, 0.15) is 5.75 Å². The first kappa shape index (κ1) is 14.1. The van der Waals surface area contributed by atoms with Crippen LogP contribution in [0.3, 0.4) is 0 Å². The second-order valence-corrected chi connectivity index (χ2v) is 6.10. The summed E-state index contributed by atoms with van der Waals surface area (Å²) in [5.41, 5.74) is 0.328. The number of hydrogen-bond acceptors (Lipinski definition) is 4. The number of thiol groups is 1. The molecule has 1 aromatic carbocycles. The first-order chi connectivity index (χ1) is 8.78. The Bertz CT molecular complexity index is 376. The molecule has 0 atom stereocenters. The summed E-state index contributed by atoms with van der Waals surface area (Å²) in [5.74, 6) is 2.97. The third-order valence-corrected chi connectivity index (χ3v) is 5.49. The van der Waals surface area contributed by atoms with Crippen molar-refractivity contribution in [2.75, 3.05) is 31.8 Å². The van der Waals surface area contributed by atoms with Crippen LogP contribution in [-0.4, -0.2) is 31.8 Å². The molecule has 0 unspecified atom stereocenters. The van der Waals surface area contributed by atoms with Gasteiger partial charge >= 0.3 is 0 Å². The maximum atomic E-state index is 5.45. The highest BCUT2D eigenvalue weighted by Gasteiger charge is 2.31. The quantitative estimate of drug-likeness (QED) is 0.659. The molecule has 1 aliphatic rings. The van der Waals surface area contributed by atoms with E-state index < -0.39 is 0 Å². The fourth-order valence-corrected chi connectivity index (χ4v) is 3.90. The van der Waals surface area contributed by atoms with Gasteiger partial charge in [-0.1, -0.05) is 6.07 Å². The van der Waals surface area contributed by atoms with Gasteiger partial charge in [-0.05, 0) is 42.2 Å². The molecule has 4 heteroatoms. The molecule has 0 spiro atoms. The maximum Gasteiger partial charge on any atom is 0.119 e. The Morgan fingerprint density at radius 2 is 2.17 bits per heavy atom. The van der Waals surface area contributed by atoms with Crippen LogP contribution in [0.5, 0.6) is 5.75 Å². The summed E-state index contributed by atoms with van der Waals surface area (Å²) >= 11 is 6.44. The summed E-state index contributed by atoms with van der Waals surface area (Å²) < 4.78 is 10.7. The van der Waals surface area contributed by atoms with Crippen LogP contribution in [0.25, 0.3) is 0 Å². The molecule has 0 radical (unpaired) electrons. The van der Waals surface area contributed by atoms with Crippen molar-refractivity contribution in [3.8, 4) is 5.75 Å². The van der Waals surface area contributed by atoms with Crippen LogP contribution in [0.4, 0.5) is 0 Å². The third-order valence-electron chi connectivity index (χ3n) is 3.48. The standard InChI is InChI=1S/C14H20O2S2/c1-15-12-3-2-4-13(9-12)18-11-14(10-17)5-7-16-8-6-14/h2-4,9,17H,5-8,10-11H2,1H3. The molecule has 0 N–H and O–H groups in total. The van der Waals surface area contributed by atoms with Crippen LogP contribution in [0.1, 0.15) is 12.8 Å². The lowest BCUT2D eigenvalue weighted by molar-refractivity contribution is 0.0371. The van der Waals surface area contributed by atoms with Gasteiger partial charge in [0.05, 0.1) is 7.11 Å². The van der Waals surface area contributed by atoms with Gasteiger partial charge in [-0.15, -0.1) is 11.8 Å². The van der Waals surface area contributed by atoms with Crippen LogP contribution in [0.2, 0.25) is 0 Å². The van der Waals surface area contributed by atoms with Crippen LogP contribution in [0.15, 0.2) is 29.2 Å². The average molecular weight is 284 g/mol. The van der Waals surface area contributed by atoms with Crippen molar-refractivity contribution < 1.29 is 9.47 Å². The van der Waals surface area contributed by atoms with E-state index in [1.54, 1.807) is 7.11 Å². The van der Waals surface area contributed by atoms with E-state index in [1.165, 1.54) is 4.90 Å². The summed E-state index contributed by atoms with van der Waals surface area (Å²) in [6, 6.07) is 8.25. The Labute approximate surface area is 119 Å². The molecule has 1 saturated heterocycles. The molecule has 0 aliphatic carbocycles. The van der Waals surface area contributed by atoms with Crippen LogP contribution in [0, 0.1) is 5.41 Å². The Balaban J connectivity index is 1.96. The summed E-state index contributed by atoms with van der Waals surface area (Å²) in [7, 11) is 1.71. The Hall–Kier alpha value is -0.320. The molecule has 18 heavy (non-hydrogen) atoms. The highest BCUT2D eigenvalue weighted by atomic mass is 32.2. The maximum absolute atomic E-state index is 5.45. The third kappa shape index (κ3) is 3.59. The zero-order chi connectivity index (χ0) is 12.8. The summed E-state index contributed by atoms with van der Waals surface area (Å²) in [6.45, 7) is 1.75. The molecule has 0 aromatic heterocycles. The second kappa shape index (κ2) is 6.73. The fourth-order valence-electron chi connectivity index (χ4n) is 2.08. The van der Waals surface area contributed by atoms with E-state index in [9.17, 15) is 0 Å². The number of hydrogen-bond donors (Lipinski definition) is 1. The van der Waals surface area contributed by atoms with E-state index in [4.69, 9.17) is 9.47 Å². The lowest BCUT2D eigenvalue weighted by Gasteiger charge is -2.35. The van der Waals surface area contributed by atoms with E-state index in [2.05, 4.69) is 24.8 Å². The SMILES string of the molecule is COc1cccc(SCC2(CS)CCOCC2)c1. The molecular formula is C14H20O2S2. The van der Waals surface area contributed by atoms with Crippen molar-refractivity contribution in [3.05, 3.63) is 24.3 Å². The lowest BCUT2D eigenvalue weighted by Crippen LogP contribution is -2.33. The molecule has 1 aliphatic heterocycles. The van der Waals surface area contributed by atoms with Crippen molar-refractivity contribution in [2.45, 2.75) is 17.7 Å². The molecule has 1 heterocycles. The molecule has 100 valence electrons. The van der Waals surface area contributed by atoms with E-state index in [-0.39, 0.29) is 0 Å². The van der Waals surface area contributed by atoms with Crippen LogP contribution < -0.4 is 4.74 Å². The first-order valence-corrected chi connectivity index (χ1v) is 7.85. The van der Waals surface area contributed by atoms with Gasteiger partial charge in [0, 0.05) is 23.9 Å². The minimum atomic E-state index is 0.328. The molecule has 0 bridgehead atoms. The monoisotopic (exact) mass is 284 g/mol. The van der Waals surface area contributed by atoms with Crippen LogP contribution >= 0.6 is 24.4 Å². The Morgan fingerprint density at radius 1 is 1.39 bits per heavy atom. The van der Waals surface area contributed by atoms with Gasteiger partial charge in [0.25, 0.3) is 0 Å². The van der Waals surface area contributed by atoms with Gasteiger partial charge < -0.3 is 9.47 Å². The molecule has 0 saturated carbocycles. The predicted octanol–water partition coefficient (Wildman–Crippen LogP) is 3.51. The average Bonchev–Trinajstić information content (AvgIpc) is 2.46. The number of rotatable bonds is 5. The smallest absolute Gasteiger partial charge is 0.119 e. The van der Waals surface area contributed by atoms with Gasteiger partial charge in [0.15, 0.2) is 0 Å². The van der Waals surface area contributed by atoms with E-state index >= 15 is 0 Å². The van der Waals surface area contributed by atoms with Gasteiger partial charge in [-0.25, -0.2) is 0 Å². The molecule has 1 aromatic rings. The molecule has 2 nitrogen and oxygen atoms in total. The normalized spacial score (nSPS) is 18.6. The minimum Gasteiger partial charge on any atom is -0.497 e. The lowest BCUT2D eigenvalue weighted by atomic mass is 9.84. The zero-order valence-corrected chi connectivity index (χ0v) is 12.4. The summed E-state index contributed by atoms with van der Waals surface area (Å²) in [4.78, 5) is 1.27. The summed E-state index contributed by atoms with van der Waals surface area (Å²) in [5, 5.41) is 0. The van der Waals surface area contributed by atoms with E-state index in [0.717, 1.165) is 43.3 Å². The fraction of sp³-hybridized carbons (Fsp3) is 0.571. The number of ether oxygens (including phenoxy) is 2. The van der Waals surface area contributed by atoms with E-state index in [1.807, 2.05) is 23.9 Å². The number of benzene rings is 1. The first-order valence-electron chi connectivity index (χ1n) is 6.23. The second-order valence-electron chi connectivity index (χ2n) is 4.74.